The fourth-order valence-electron chi connectivity index (χ4n) is 1.75. The van der Waals surface area contributed by atoms with E-state index in [9.17, 15) is 4.39 Å². The Kier molecular flexibility index (Phi) is 4.44. The molecule has 0 atom stereocenters. The van der Waals surface area contributed by atoms with Crippen LogP contribution in [0.5, 0.6) is 5.75 Å². The van der Waals surface area contributed by atoms with E-state index < -0.39 is 5.82 Å². The molecule has 3 nitrogen and oxygen atoms in total. The summed E-state index contributed by atoms with van der Waals surface area (Å²) in [6, 6.07) is 11.8. The van der Waals surface area contributed by atoms with Crippen molar-refractivity contribution in [3.05, 3.63) is 58.4 Å². The van der Waals surface area contributed by atoms with Crippen LogP contribution in [-0.2, 0) is 6.54 Å². The highest BCUT2D eigenvalue weighted by molar-refractivity contribution is 6.31. The van der Waals surface area contributed by atoms with Gasteiger partial charge in [0.05, 0.1) is 17.7 Å². The maximum absolute atomic E-state index is 13.0. The smallest absolute Gasteiger partial charge is 0.141 e. The molecule has 20 heavy (non-hydrogen) atoms. The number of halogens is 2. The first-order valence-electron chi connectivity index (χ1n) is 5.90. The zero-order chi connectivity index (χ0) is 14.5. The number of hydrogen-bond donors (Lipinski definition) is 1. The zero-order valence-corrected chi connectivity index (χ0v) is 11.5. The van der Waals surface area contributed by atoms with E-state index in [-0.39, 0.29) is 5.02 Å². The summed E-state index contributed by atoms with van der Waals surface area (Å²) in [6.07, 6.45) is 0. The van der Waals surface area contributed by atoms with E-state index in [2.05, 4.69) is 11.4 Å². The molecule has 0 spiro atoms. The van der Waals surface area contributed by atoms with Crippen LogP contribution in [0.3, 0.4) is 0 Å². The maximum atomic E-state index is 13.0. The second kappa shape index (κ2) is 6.27. The van der Waals surface area contributed by atoms with Crippen molar-refractivity contribution in [2.75, 3.05) is 12.4 Å². The lowest BCUT2D eigenvalue weighted by Gasteiger charge is -2.09. The van der Waals surface area contributed by atoms with Crippen LogP contribution in [0.2, 0.25) is 5.02 Å². The van der Waals surface area contributed by atoms with Crippen molar-refractivity contribution in [3.63, 3.8) is 0 Å². The molecule has 1 N–H and O–H groups in total. The fourth-order valence-corrected chi connectivity index (χ4v) is 1.93. The normalized spacial score (nSPS) is 9.90. The van der Waals surface area contributed by atoms with Crippen molar-refractivity contribution in [2.45, 2.75) is 6.54 Å². The Bertz CT molecular complexity index is 667. The molecule has 0 unspecified atom stereocenters. The van der Waals surface area contributed by atoms with Crippen LogP contribution in [0.4, 0.5) is 10.1 Å². The first-order valence-corrected chi connectivity index (χ1v) is 6.28. The van der Waals surface area contributed by atoms with Gasteiger partial charge in [-0.3, -0.25) is 0 Å². The molecule has 0 bridgehead atoms. The lowest BCUT2D eigenvalue weighted by Crippen LogP contribution is -2.00. The average molecular weight is 291 g/mol. The fraction of sp³-hybridized carbons (Fsp3) is 0.133. The minimum absolute atomic E-state index is 0.0763. The Morgan fingerprint density at radius 2 is 2.10 bits per heavy atom. The Morgan fingerprint density at radius 3 is 2.75 bits per heavy atom. The largest absolute Gasteiger partial charge is 0.495 e. The summed E-state index contributed by atoms with van der Waals surface area (Å²) in [4.78, 5) is 0. The second-order valence-electron chi connectivity index (χ2n) is 4.13. The number of rotatable bonds is 4. The van der Waals surface area contributed by atoms with E-state index in [0.29, 0.717) is 17.9 Å². The minimum Gasteiger partial charge on any atom is -0.495 e. The number of nitrogens with one attached hydrogen (secondary N) is 1. The molecule has 2 aromatic carbocycles. The van der Waals surface area contributed by atoms with E-state index >= 15 is 0 Å². The highest BCUT2D eigenvalue weighted by atomic mass is 35.5. The van der Waals surface area contributed by atoms with Crippen molar-refractivity contribution in [1.82, 2.24) is 0 Å². The third kappa shape index (κ3) is 3.19. The van der Waals surface area contributed by atoms with Crippen LogP contribution in [-0.4, -0.2) is 7.11 Å². The first-order chi connectivity index (χ1) is 9.63. The predicted octanol–water partition coefficient (Wildman–Crippen LogP) is 3.97. The van der Waals surface area contributed by atoms with Crippen LogP contribution < -0.4 is 10.1 Å². The number of methoxy groups -OCH3 is 1. The second-order valence-corrected chi connectivity index (χ2v) is 4.54. The van der Waals surface area contributed by atoms with Gasteiger partial charge in [-0.2, -0.15) is 5.26 Å². The summed E-state index contributed by atoms with van der Waals surface area (Å²) in [5, 5.41) is 12.1. The Hall–Kier alpha value is -2.25. The predicted molar refractivity (Wildman–Crippen MR) is 76.4 cm³/mol. The molecular weight excluding hydrogens is 279 g/mol. The molecular formula is C15H12ClFN2O. The SMILES string of the molecule is COc1cc(CNc2ccc(F)c(Cl)c2)ccc1C#N. The van der Waals surface area contributed by atoms with Gasteiger partial charge in [0.25, 0.3) is 0 Å². The molecule has 2 rings (SSSR count). The van der Waals surface area contributed by atoms with Gasteiger partial charge < -0.3 is 10.1 Å². The van der Waals surface area contributed by atoms with Gasteiger partial charge in [0.1, 0.15) is 17.6 Å². The molecule has 0 aliphatic heterocycles. The monoisotopic (exact) mass is 290 g/mol. The standard InChI is InChI=1S/C15H12ClFN2O/c1-20-15-6-10(2-3-11(15)8-18)9-19-12-4-5-14(17)13(16)7-12/h2-7,19H,9H2,1H3. The lowest BCUT2D eigenvalue weighted by molar-refractivity contribution is 0.413. The summed E-state index contributed by atoms with van der Waals surface area (Å²) >= 11 is 5.71. The number of anilines is 1. The van der Waals surface area contributed by atoms with Crippen LogP contribution >= 0.6 is 11.6 Å². The molecule has 0 aliphatic rings. The number of nitriles is 1. The summed E-state index contributed by atoms with van der Waals surface area (Å²) in [6.45, 7) is 0.518. The minimum atomic E-state index is -0.447. The van der Waals surface area contributed by atoms with Crippen molar-refractivity contribution >= 4 is 17.3 Å². The number of nitrogens with zero attached hydrogens (tertiary/aromatic N) is 1. The van der Waals surface area contributed by atoms with Crippen LogP contribution in [0.25, 0.3) is 0 Å². The zero-order valence-electron chi connectivity index (χ0n) is 10.8. The van der Waals surface area contributed by atoms with E-state index in [1.54, 1.807) is 18.2 Å². The molecule has 0 fully saturated rings. The van der Waals surface area contributed by atoms with E-state index in [1.807, 2.05) is 6.07 Å². The molecule has 2 aromatic rings. The van der Waals surface area contributed by atoms with Crippen LogP contribution in [0, 0.1) is 17.1 Å². The summed E-state index contributed by atoms with van der Waals surface area (Å²) in [5.74, 6) is 0.0844. The van der Waals surface area contributed by atoms with Crippen molar-refractivity contribution in [2.24, 2.45) is 0 Å². The third-order valence-electron chi connectivity index (χ3n) is 2.80. The number of ether oxygens (including phenoxy) is 1. The average Bonchev–Trinajstić information content (AvgIpc) is 2.48. The van der Waals surface area contributed by atoms with Gasteiger partial charge in [0.2, 0.25) is 0 Å². The highest BCUT2D eigenvalue weighted by Crippen LogP contribution is 2.22. The Morgan fingerprint density at radius 1 is 1.30 bits per heavy atom. The molecule has 0 amide bonds. The summed E-state index contributed by atoms with van der Waals surface area (Å²) in [7, 11) is 1.52. The lowest BCUT2D eigenvalue weighted by atomic mass is 10.1. The van der Waals surface area contributed by atoms with E-state index in [1.165, 1.54) is 19.2 Å². The van der Waals surface area contributed by atoms with Crippen molar-refractivity contribution in [1.29, 1.82) is 5.26 Å². The van der Waals surface area contributed by atoms with Gasteiger partial charge in [-0.1, -0.05) is 17.7 Å². The third-order valence-corrected chi connectivity index (χ3v) is 3.09. The van der Waals surface area contributed by atoms with Gasteiger partial charge in [-0.25, -0.2) is 4.39 Å². The van der Waals surface area contributed by atoms with Gasteiger partial charge in [0, 0.05) is 12.2 Å². The molecule has 0 saturated carbocycles. The maximum Gasteiger partial charge on any atom is 0.141 e. The van der Waals surface area contributed by atoms with E-state index in [0.717, 1.165) is 11.3 Å². The van der Waals surface area contributed by atoms with Gasteiger partial charge in [-0.05, 0) is 35.9 Å². The van der Waals surface area contributed by atoms with Gasteiger partial charge >= 0.3 is 0 Å². The highest BCUT2D eigenvalue weighted by Gasteiger charge is 2.04. The van der Waals surface area contributed by atoms with Gasteiger partial charge in [0.15, 0.2) is 0 Å². The molecule has 5 heteroatoms. The topological polar surface area (TPSA) is 45.0 Å². The summed E-state index contributed by atoms with van der Waals surface area (Å²) < 4.78 is 18.2. The molecule has 102 valence electrons. The van der Waals surface area contributed by atoms with Gasteiger partial charge in [-0.15, -0.1) is 0 Å². The molecule has 0 aliphatic carbocycles. The Labute approximate surface area is 121 Å². The van der Waals surface area contributed by atoms with Crippen molar-refractivity contribution in [3.8, 4) is 11.8 Å². The quantitative estimate of drug-likeness (QED) is 0.926. The molecule has 0 aromatic heterocycles. The van der Waals surface area contributed by atoms with E-state index in [4.69, 9.17) is 21.6 Å². The molecule has 0 radical (unpaired) electrons. The summed E-state index contributed by atoms with van der Waals surface area (Å²) in [5.41, 5.74) is 2.15. The number of benzene rings is 2. The molecule has 0 saturated heterocycles. The van der Waals surface area contributed by atoms with Crippen LogP contribution in [0.15, 0.2) is 36.4 Å². The molecule has 0 heterocycles. The van der Waals surface area contributed by atoms with Crippen LogP contribution in [0.1, 0.15) is 11.1 Å². The number of hydrogen-bond acceptors (Lipinski definition) is 3. The first kappa shape index (κ1) is 14.2. The Balaban J connectivity index is 2.11. The van der Waals surface area contributed by atoms with Crippen molar-refractivity contribution < 1.29 is 9.13 Å².